The van der Waals surface area contributed by atoms with Gasteiger partial charge in [-0.05, 0) is 26.0 Å². The zero-order valence-corrected chi connectivity index (χ0v) is 13.3. The number of carbonyl (C=O) groups is 1. The molecule has 1 amide bonds. The van der Waals surface area contributed by atoms with Crippen LogP contribution in [0, 0.1) is 24.0 Å². The van der Waals surface area contributed by atoms with E-state index in [1.165, 1.54) is 19.2 Å². The molecule has 7 nitrogen and oxygen atoms in total. The fraction of sp³-hybridized carbons (Fsp3) is 0.286. The van der Waals surface area contributed by atoms with E-state index in [2.05, 4.69) is 15.6 Å². The van der Waals surface area contributed by atoms with E-state index in [1.54, 1.807) is 17.4 Å². The Bertz CT molecular complexity index is 727. The standard InChI is InChI=1S/C14H16N4O3S/c1-8-12(17-9(2)22-8)7-16-11-5-4-10(14(19)15-3)6-13(11)18(20)21/h4-6,16H,7H2,1-3H3,(H,15,19). The van der Waals surface area contributed by atoms with Gasteiger partial charge in [-0.2, -0.15) is 0 Å². The maximum absolute atomic E-state index is 11.6. The van der Waals surface area contributed by atoms with Gasteiger partial charge in [0.2, 0.25) is 0 Å². The molecule has 2 aromatic rings. The highest BCUT2D eigenvalue weighted by atomic mass is 32.1. The summed E-state index contributed by atoms with van der Waals surface area (Å²) < 4.78 is 0. The van der Waals surface area contributed by atoms with Crippen molar-refractivity contribution in [2.75, 3.05) is 12.4 Å². The molecule has 0 aliphatic heterocycles. The zero-order chi connectivity index (χ0) is 16.3. The van der Waals surface area contributed by atoms with Crippen molar-refractivity contribution in [3.8, 4) is 0 Å². The van der Waals surface area contributed by atoms with Crippen molar-refractivity contribution in [3.63, 3.8) is 0 Å². The highest BCUT2D eigenvalue weighted by Crippen LogP contribution is 2.27. The molecule has 0 saturated carbocycles. The fourth-order valence-electron chi connectivity index (χ4n) is 2.03. The summed E-state index contributed by atoms with van der Waals surface area (Å²) in [5, 5.41) is 17.6. The molecular formula is C14H16N4O3S. The molecule has 22 heavy (non-hydrogen) atoms. The third-order valence-corrected chi connectivity index (χ3v) is 4.06. The predicted octanol–water partition coefficient (Wildman–Crippen LogP) is 2.64. The lowest BCUT2D eigenvalue weighted by Crippen LogP contribution is -2.18. The zero-order valence-electron chi connectivity index (χ0n) is 12.5. The van der Waals surface area contributed by atoms with Crippen LogP contribution in [0.4, 0.5) is 11.4 Å². The molecule has 116 valence electrons. The van der Waals surface area contributed by atoms with Gasteiger partial charge in [0.05, 0.1) is 22.2 Å². The van der Waals surface area contributed by atoms with Gasteiger partial charge in [0.1, 0.15) is 5.69 Å². The van der Waals surface area contributed by atoms with Crippen molar-refractivity contribution >= 4 is 28.6 Å². The first-order valence-electron chi connectivity index (χ1n) is 6.59. The van der Waals surface area contributed by atoms with E-state index in [9.17, 15) is 14.9 Å². The first kappa shape index (κ1) is 15.9. The van der Waals surface area contributed by atoms with Crippen LogP contribution < -0.4 is 10.6 Å². The van der Waals surface area contributed by atoms with E-state index in [-0.39, 0.29) is 17.2 Å². The van der Waals surface area contributed by atoms with Crippen LogP contribution in [0.15, 0.2) is 18.2 Å². The molecule has 0 unspecified atom stereocenters. The minimum atomic E-state index is -0.506. The molecule has 2 rings (SSSR count). The minimum absolute atomic E-state index is 0.134. The second kappa shape index (κ2) is 6.52. The Morgan fingerprint density at radius 3 is 2.68 bits per heavy atom. The molecule has 0 aliphatic carbocycles. The average molecular weight is 320 g/mol. The van der Waals surface area contributed by atoms with E-state index in [4.69, 9.17) is 0 Å². The first-order valence-corrected chi connectivity index (χ1v) is 7.41. The highest BCUT2D eigenvalue weighted by Gasteiger charge is 2.17. The van der Waals surface area contributed by atoms with Gasteiger partial charge < -0.3 is 10.6 Å². The largest absolute Gasteiger partial charge is 0.374 e. The Morgan fingerprint density at radius 1 is 1.41 bits per heavy atom. The average Bonchev–Trinajstić information content (AvgIpc) is 2.81. The number of hydrogen-bond donors (Lipinski definition) is 2. The maximum atomic E-state index is 11.6. The molecule has 1 aromatic carbocycles. The summed E-state index contributed by atoms with van der Waals surface area (Å²) in [6.07, 6.45) is 0. The second-order valence-electron chi connectivity index (χ2n) is 4.66. The number of amides is 1. The van der Waals surface area contributed by atoms with Crippen molar-refractivity contribution in [2.24, 2.45) is 0 Å². The molecule has 2 N–H and O–H groups in total. The quantitative estimate of drug-likeness (QED) is 0.652. The molecule has 0 atom stereocenters. The van der Waals surface area contributed by atoms with E-state index in [0.717, 1.165) is 15.6 Å². The summed E-state index contributed by atoms with van der Waals surface area (Å²) in [6.45, 7) is 4.28. The van der Waals surface area contributed by atoms with Crippen LogP contribution in [0.5, 0.6) is 0 Å². The number of nitro benzene ring substituents is 1. The van der Waals surface area contributed by atoms with Crippen molar-refractivity contribution < 1.29 is 9.72 Å². The number of aryl methyl sites for hydroxylation is 2. The fourth-order valence-corrected chi connectivity index (χ4v) is 2.87. The van der Waals surface area contributed by atoms with Gasteiger partial charge in [0, 0.05) is 23.6 Å². The Morgan fingerprint density at radius 2 is 2.14 bits per heavy atom. The number of nitrogens with zero attached hydrogens (tertiary/aromatic N) is 2. The molecule has 1 heterocycles. The lowest BCUT2D eigenvalue weighted by atomic mass is 10.1. The van der Waals surface area contributed by atoms with Crippen LogP contribution >= 0.6 is 11.3 Å². The van der Waals surface area contributed by atoms with Crippen molar-refractivity contribution in [1.82, 2.24) is 10.3 Å². The topological polar surface area (TPSA) is 97.2 Å². The normalized spacial score (nSPS) is 10.3. The number of carbonyl (C=O) groups excluding carboxylic acids is 1. The SMILES string of the molecule is CNC(=O)c1ccc(NCc2nc(C)sc2C)c([N+](=O)[O-])c1. The number of thiazole rings is 1. The molecular weight excluding hydrogens is 304 g/mol. The number of benzene rings is 1. The third-order valence-electron chi connectivity index (χ3n) is 3.13. The van der Waals surface area contributed by atoms with Crippen LogP contribution in [0.3, 0.4) is 0 Å². The number of nitro groups is 1. The Labute approximate surface area is 131 Å². The molecule has 0 saturated heterocycles. The predicted molar refractivity (Wildman–Crippen MR) is 85.4 cm³/mol. The summed E-state index contributed by atoms with van der Waals surface area (Å²) in [5.74, 6) is -0.361. The number of hydrogen-bond acceptors (Lipinski definition) is 6. The van der Waals surface area contributed by atoms with Crippen LogP contribution in [0.1, 0.15) is 25.9 Å². The highest BCUT2D eigenvalue weighted by molar-refractivity contribution is 7.11. The lowest BCUT2D eigenvalue weighted by Gasteiger charge is -2.08. The lowest BCUT2D eigenvalue weighted by molar-refractivity contribution is -0.384. The summed E-state index contributed by atoms with van der Waals surface area (Å²) >= 11 is 1.59. The van der Waals surface area contributed by atoms with E-state index in [1.807, 2.05) is 13.8 Å². The van der Waals surface area contributed by atoms with Crippen LogP contribution in [-0.4, -0.2) is 22.9 Å². The summed E-state index contributed by atoms with van der Waals surface area (Å²) in [7, 11) is 1.48. The molecule has 1 aromatic heterocycles. The molecule has 8 heteroatoms. The molecule has 0 spiro atoms. The minimum Gasteiger partial charge on any atom is -0.374 e. The summed E-state index contributed by atoms with van der Waals surface area (Å²) in [4.78, 5) is 27.7. The van der Waals surface area contributed by atoms with Crippen LogP contribution in [0.2, 0.25) is 0 Å². The molecule has 0 bridgehead atoms. The number of aromatic nitrogens is 1. The Balaban J connectivity index is 2.25. The van der Waals surface area contributed by atoms with Gasteiger partial charge in [0.25, 0.3) is 11.6 Å². The maximum Gasteiger partial charge on any atom is 0.293 e. The molecule has 0 aliphatic rings. The van der Waals surface area contributed by atoms with E-state index in [0.29, 0.717) is 12.2 Å². The monoisotopic (exact) mass is 320 g/mol. The Hall–Kier alpha value is -2.48. The van der Waals surface area contributed by atoms with Gasteiger partial charge in [-0.1, -0.05) is 0 Å². The Kier molecular flexibility index (Phi) is 4.71. The van der Waals surface area contributed by atoms with Crippen molar-refractivity contribution in [3.05, 3.63) is 49.5 Å². The van der Waals surface area contributed by atoms with Crippen LogP contribution in [0.25, 0.3) is 0 Å². The van der Waals surface area contributed by atoms with Gasteiger partial charge in [-0.15, -0.1) is 11.3 Å². The van der Waals surface area contributed by atoms with Crippen molar-refractivity contribution in [2.45, 2.75) is 20.4 Å². The summed E-state index contributed by atoms with van der Waals surface area (Å²) in [5.41, 5.74) is 1.35. The van der Waals surface area contributed by atoms with Gasteiger partial charge >= 0.3 is 0 Å². The molecule has 0 radical (unpaired) electrons. The number of rotatable bonds is 5. The van der Waals surface area contributed by atoms with Gasteiger partial charge in [-0.3, -0.25) is 14.9 Å². The molecule has 0 fully saturated rings. The van der Waals surface area contributed by atoms with E-state index >= 15 is 0 Å². The van der Waals surface area contributed by atoms with E-state index < -0.39 is 4.92 Å². The number of anilines is 1. The second-order valence-corrected chi connectivity index (χ2v) is 6.06. The van der Waals surface area contributed by atoms with Crippen LogP contribution in [-0.2, 0) is 6.54 Å². The smallest absolute Gasteiger partial charge is 0.293 e. The van der Waals surface area contributed by atoms with Gasteiger partial charge in [-0.25, -0.2) is 4.98 Å². The van der Waals surface area contributed by atoms with Crippen molar-refractivity contribution in [1.29, 1.82) is 0 Å². The van der Waals surface area contributed by atoms with Gasteiger partial charge in [0.15, 0.2) is 0 Å². The number of nitrogens with one attached hydrogen (secondary N) is 2. The third kappa shape index (κ3) is 3.40. The first-order chi connectivity index (χ1) is 10.4. The summed E-state index contributed by atoms with van der Waals surface area (Å²) in [6, 6.07) is 4.35.